The van der Waals surface area contributed by atoms with Crippen LogP contribution in [-0.4, -0.2) is 29.0 Å². The van der Waals surface area contributed by atoms with Gasteiger partial charge in [-0.2, -0.15) is 0 Å². The maximum absolute atomic E-state index is 11.9. The third-order valence-corrected chi connectivity index (χ3v) is 4.01. The molecule has 17 heavy (non-hydrogen) atoms. The van der Waals surface area contributed by atoms with Gasteiger partial charge in [0.1, 0.15) is 11.5 Å². The van der Waals surface area contributed by atoms with E-state index in [1.807, 2.05) is 0 Å². The van der Waals surface area contributed by atoms with Crippen molar-refractivity contribution in [2.24, 2.45) is 0 Å². The van der Waals surface area contributed by atoms with Gasteiger partial charge in [-0.05, 0) is 25.0 Å². The predicted octanol–water partition coefficient (Wildman–Crippen LogP) is 2.06. The van der Waals surface area contributed by atoms with Gasteiger partial charge in [0.05, 0.1) is 18.2 Å². The first-order valence-electron chi connectivity index (χ1n) is 5.36. The van der Waals surface area contributed by atoms with Gasteiger partial charge in [-0.25, -0.2) is 0 Å². The van der Waals surface area contributed by atoms with Crippen molar-refractivity contribution in [2.45, 2.75) is 18.4 Å². The number of hydrogen-bond donors (Lipinski definition) is 2. The fourth-order valence-electron chi connectivity index (χ4n) is 1.58. The van der Waals surface area contributed by atoms with E-state index in [0.717, 1.165) is 18.2 Å². The number of halogens is 1. The van der Waals surface area contributed by atoms with Crippen molar-refractivity contribution in [1.82, 2.24) is 5.32 Å². The number of carbonyl (C=O) groups is 1. The molecule has 1 aromatic rings. The second-order valence-corrected chi connectivity index (χ2v) is 4.81. The molecule has 0 aliphatic heterocycles. The Bertz CT molecular complexity index is 443. The lowest BCUT2D eigenvalue weighted by atomic mass is 10.1. The maximum Gasteiger partial charge on any atom is 0.255 e. The highest BCUT2D eigenvalue weighted by molar-refractivity contribution is 9.09. The number of rotatable bonds is 4. The Morgan fingerprint density at radius 2 is 2.29 bits per heavy atom. The molecule has 0 radical (unpaired) electrons. The van der Waals surface area contributed by atoms with Crippen molar-refractivity contribution < 1.29 is 14.6 Å². The van der Waals surface area contributed by atoms with E-state index in [1.54, 1.807) is 12.1 Å². The lowest BCUT2D eigenvalue weighted by Gasteiger charge is -2.15. The van der Waals surface area contributed by atoms with Crippen molar-refractivity contribution in [3.05, 3.63) is 23.8 Å². The van der Waals surface area contributed by atoms with Gasteiger partial charge in [0, 0.05) is 11.4 Å². The first kappa shape index (κ1) is 12.2. The standard InChI is InChI=1S/C12H14BrNO3/c1-17-8-2-3-9(10(15)6-8)11(16)14-12(7-13)4-5-12/h2-3,6,15H,4-5,7H2,1H3,(H,14,16). The molecule has 1 aliphatic rings. The number of phenolic OH excluding ortho intramolecular Hbond substituents is 1. The fraction of sp³-hybridized carbons (Fsp3) is 0.417. The summed E-state index contributed by atoms with van der Waals surface area (Å²) in [4.78, 5) is 11.9. The van der Waals surface area contributed by atoms with Gasteiger partial charge >= 0.3 is 0 Å². The summed E-state index contributed by atoms with van der Waals surface area (Å²) >= 11 is 3.38. The molecule has 0 heterocycles. The summed E-state index contributed by atoms with van der Waals surface area (Å²) in [5, 5.41) is 13.4. The van der Waals surface area contributed by atoms with Crippen LogP contribution in [0.25, 0.3) is 0 Å². The molecular weight excluding hydrogens is 286 g/mol. The lowest BCUT2D eigenvalue weighted by Crippen LogP contribution is -2.38. The molecule has 2 rings (SSSR count). The number of benzene rings is 1. The van der Waals surface area contributed by atoms with E-state index in [9.17, 15) is 9.90 Å². The van der Waals surface area contributed by atoms with Gasteiger partial charge in [0.2, 0.25) is 0 Å². The average Bonchev–Trinajstić information content (AvgIpc) is 3.09. The van der Waals surface area contributed by atoms with Crippen LogP contribution < -0.4 is 10.1 Å². The zero-order chi connectivity index (χ0) is 12.5. The second-order valence-electron chi connectivity index (χ2n) is 4.25. The zero-order valence-corrected chi connectivity index (χ0v) is 11.1. The molecule has 1 fully saturated rings. The van der Waals surface area contributed by atoms with Crippen molar-refractivity contribution in [2.75, 3.05) is 12.4 Å². The number of hydrogen-bond acceptors (Lipinski definition) is 3. The van der Waals surface area contributed by atoms with Gasteiger partial charge in [0.25, 0.3) is 5.91 Å². The van der Waals surface area contributed by atoms with E-state index in [0.29, 0.717) is 5.75 Å². The highest BCUT2D eigenvalue weighted by Crippen LogP contribution is 2.37. The lowest BCUT2D eigenvalue weighted by molar-refractivity contribution is 0.0934. The SMILES string of the molecule is COc1ccc(C(=O)NC2(CBr)CC2)c(O)c1. The minimum absolute atomic E-state index is 0.0628. The molecular formula is C12H14BrNO3. The van der Waals surface area contributed by atoms with Crippen molar-refractivity contribution >= 4 is 21.8 Å². The minimum atomic E-state index is -0.248. The molecule has 1 amide bonds. The van der Waals surface area contributed by atoms with E-state index < -0.39 is 0 Å². The third kappa shape index (κ3) is 2.54. The van der Waals surface area contributed by atoms with Crippen molar-refractivity contribution in [1.29, 1.82) is 0 Å². The van der Waals surface area contributed by atoms with Crippen LogP contribution in [0.1, 0.15) is 23.2 Å². The van der Waals surface area contributed by atoms with Crippen LogP contribution >= 0.6 is 15.9 Å². The molecule has 1 saturated carbocycles. The highest BCUT2D eigenvalue weighted by atomic mass is 79.9. The van der Waals surface area contributed by atoms with Gasteiger partial charge < -0.3 is 15.2 Å². The number of phenols is 1. The Kier molecular flexibility index (Phi) is 3.28. The molecule has 0 unspecified atom stereocenters. The van der Waals surface area contributed by atoms with Crippen molar-refractivity contribution in [3.8, 4) is 11.5 Å². The number of amides is 1. The Morgan fingerprint density at radius 1 is 1.59 bits per heavy atom. The Balaban J connectivity index is 2.14. The summed E-state index contributed by atoms with van der Waals surface area (Å²) < 4.78 is 4.96. The number of ether oxygens (including phenoxy) is 1. The van der Waals surface area contributed by atoms with Crippen LogP contribution in [0, 0.1) is 0 Å². The number of carbonyl (C=O) groups excluding carboxylic acids is 1. The molecule has 1 aromatic carbocycles. The molecule has 0 saturated heterocycles. The first-order chi connectivity index (χ1) is 8.10. The van der Waals surface area contributed by atoms with Gasteiger partial charge in [0.15, 0.2) is 0 Å². The quantitative estimate of drug-likeness (QED) is 0.837. The van der Waals surface area contributed by atoms with Crippen LogP contribution in [-0.2, 0) is 0 Å². The van der Waals surface area contributed by atoms with E-state index >= 15 is 0 Å². The predicted molar refractivity (Wildman–Crippen MR) is 67.9 cm³/mol. The molecule has 4 nitrogen and oxygen atoms in total. The Labute approximate surface area is 108 Å². The summed E-state index contributed by atoms with van der Waals surface area (Å²) in [6.45, 7) is 0. The Morgan fingerprint density at radius 3 is 2.76 bits per heavy atom. The van der Waals surface area contributed by atoms with E-state index in [1.165, 1.54) is 13.2 Å². The van der Waals surface area contributed by atoms with Gasteiger partial charge in [-0.15, -0.1) is 0 Å². The normalized spacial score (nSPS) is 16.4. The number of nitrogens with one attached hydrogen (secondary N) is 1. The fourth-order valence-corrected chi connectivity index (χ4v) is 2.28. The molecule has 0 aromatic heterocycles. The topological polar surface area (TPSA) is 58.6 Å². The Hall–Kier alpha value is -1.23. The second kappa shape index (κ2) is 4.56. The van der Waals surface area contributed by atoms with Crippen molar-refractivity contribution in [3.63, 3.8) is 0 Å². The molecule has 0 atom stereocenters. The number of alkyl halides is 1. The smallest absolute Gasteiger partial charge is 0.255 e. The summed E-state index contributed by atoms with van der Waals surface area (Å²) in [7, 11) is 1.51. The van der Waals surface area contributed by atoms with Crippen LogP contribution in [0.15, 0.2) is 18.2 Å². The zero-order valence-electron chi connectivity index (χ0n) is 9.50. The average molecular weight is 300 g/mol. The number of methoxy groups -OCH3 is 1. The maximum atomic E-state index is 11.9. The third-order valence-electron chi connectivity index (χ3n) is 2.94. The van der Waals surface area contributed by atoms with E-state index in [-0.39, 0.29) is 22.8 Å². The molecule has 92 valence electrons. The van der Waals surface area contributed by atoms with E-state index in [2.05, 4.69) is 21.2 Å². The van der Waals surface area contributed by atoms with E-state index in [4.69, 9.17) is 4.74 Å². The molecule has 1 aliphatic carbocycles. The van der Waals surface area contributed by atoms with Crippen LogP contribution in [0.2, 0.25) is 0 Å². The summed E-state index contributed by atoms with van der Waals surface area (Å²) in [5.41, 5.74) is 0.154. The van der Waals surface area contributed by atoms with Crippen LogP contribution in [0.5, 0.6) is 11.5 Å². The summed E-state index contributed by atoms with van der Waals surface area (Å²) in [5.74, 6) is 0.218. The molecule has 0 spiro atoms. The highest BCUT2D eigenvalue weighted by Gasteiger charge is 2.43. The van der Waals surface area contributed by atoms with Gasteiger partial charge in [-0.1, -0.05) is 15.9 Å². The van der Waals surface area contributed by atoms with Crippen LogP contribution in [0.3, 0.4) is 0 Å². The minimum Gasteiger partial charge on any atom is -0.507 e. The molecule has 0 bridgehead atoms. The summed E-state index contributed by atoms with van der Waals surface area (Å²) in [6, 6.07) is 4.65. The largest absolute Gasteiger partial charge is 0.507 e. The molecule has 5 heteroatoms. The molecule has 2 N–H and O–H groups in total. The summed E-state index contributed by atoms with van der Waals surface area (Å²) in [6.07, 6.45) is 1.95. The van der Waals surface area contributed by atoms with Gasteiger partial charge in [-0.3, -0.25) is 4.79 Å². The first-order valence-corrected chi connectivity index (χ1v) is 6.48. The monoisotopic (exact) mass is 299 g/mol. The van der Waals surface area contributed by atoms with Crippen LogP contribution in [0.4, 0.5) is 0 Å². The number of aromatic hydroxyl groups is 1.